The molecule has 2 N–H and O–H groups in total. The molecule has 2 heterocycles. The molecular formula is C29H26N4O5S. The first-order chi connectivity index (χ1) is 18.4. The van der Waals surface area contributed by atoms with Crippen LogP contribution in [0.3, 0.4) is 0 Å². The lowest BCUT2D eigenvalue weighted by Gasteiger charge is -2.12. The van der Waals surface area contributed by atoms with Crippen molar-refractivity contribution in [2.24, 2.45) is 14.1 Å². The van der Waals surface area contributed by atoms with Gasteiger partial charge in [-0.2, -0.15) is 0 Å². The average Bonchev–Trinajstić information content (AvgIpc) is 2.90. The van der Waals surface area contributed by atoms with Gasteiger partial charge in [0.15, 0.2) is 0 Å². The normalized spacial score (nSPS) is 11.6. The fourth-order valence-electron chi connectivity index (χ4n) is 4.63. The molecule has 198 valence electrons. The van der Waals surface area contributed by atoms with E-state index in [4.69, 9.17) is 0 Å². The van der Waals surface area contributed by atoms with Gasteiger partial charge in [-0.05, 0) is 86.6 Å². The summed E-state index contributed by atoms with van der Waals surface area (Å²) in [5.74, 6) is -0.400. The van der Waals surface area contributed by atoms with Crippen molar-refractivity contribution in [3.05, 3.63) is 110 Å². The van der Waals surface area contributed by atoms with E-state index in [0.717, 1.165) is 16.3 Å². The van der Waals surface area contributed by atoms with Gasteiger partial charge in [-0.15, -0.1) is 0 Å². The Morgan fingerprint density at radius 1 is 0.692 bits per heavy atom. The van der Waals surface area contributed by atoms with E-state index in [1.54, 1.807) is 81.0 Å². The Morgan fingerprint density at radius 3 is 1.72 bits per heavy atom. The summed E-state index contributed by atoms with van der Waals surface area (Å²) >= 11 is 0. The van der Waals surface area contributed by atoms with Crippen LogP contribution in [0.4, 0.5) is 11.4 Å². The van der Waals surface area contributed by atoms with Gasteiger partial charge in [0.1, 0.15) is 0 Å². The molecule has 0 spiro atoms. The largest absolute Gasteiger partial charge is 0.322 e. The molecule has 0 saturated carbocycles. The minimum absolute atomic E-state index is 0.00196. The highest BCUT2D eigenvalue weighted by Gasteiger charge is 2.16. The number of nitrogens with zero attached hydrogens (tertiary/aromatic N) is 2. The smallest absolute Gasteiger partial charge is 0.261 e. The molecule has 39 heavy (non-hydrogen) atoms. The van der Waals surface area contributed by atoms with E-state index in [0.29, 0.717) is 28.0 Å². The number of sulfonamides is 1. The fraction of sp³-hybridized carbons (Fsp3) is 0.138. The number of aromatic nitrogens is 2. The summed E-state index contributed by atoms with van der Waals surface area (Å²) in [6, 6.07) is 19.3. The van der Waals surface area contributed by atoms with E-state index < -0.39 is 15.9 Å². The zero-order valence-corrected chi connectivity index (χ0v) is 22.6. The van der Waals surface area contributed by atoms with Gasteiger partial charge in [0.2, 0.25) is 0 Å². The van der Waals surface area contributed by atoms with Crippen molar-refractivity contribution in [1.29, 1.82) is 0 Å². The van der Waals surface area contributed by atoms with Gasteiger partial charge in [-0.3, -0.25) is 19.1 Å². The number of hydrogen-bond acceptors (Lipinski definition) is 5. The molecule has 0 radical (unpaired) electrons. The molecule has 5 rings (SSSR count). The number of aryl methyl sites for hydroxylation is 4. The van der Waals surface area contributed by atoms with E-state index >= 15 is 0 Å². The van der Waals surface area contributed by atoms with E-state index in [-0.39, 0.29) is 21.6 Å². The quantitative estimate of drug-likeness (QED) is 0.347. The molecule has 3 aromatic carbocycles. The van der Waals surface area contributed by atoms with E-state index in [9.17, 15) is 22.8 Å². The van der Waals surface area contributed by atoms with Crippen LogP contribution in [-0.2, 0) is 24.1 Å². The third-order valence-corrected chi connectivity index (χ3v) is 8.14. The molecule has 5 aromatic rings. The molecule has 9 nitrogen and oxygen atoms in total. The Morgan fingerprint density at radius 2 is 1.18 bits per heavy atom. The molecule has 0 saturated heterocycles. The van der Waals surface area contributed by atoms with Gasteiger partial charge in [0.25, 0.3) is 27.0 Å². The van der Waals surface area contributed by atoms with Crippen LogP contribution in [0.1, 0.15) is 21.5 Å². The van der Waals surface area contributed by atoms with Crippen molar-refractivity contribution in [2.45, 2.75) is 18.7 Å². The number of carbonyl (C=O) groups is 1. The highest BCUT2D eigenvalue weighted by atomic mass is 32.2. The van der Waals surface area contributed by atoms with Gasteiger partial charge < -0.3 is 14.5 Å². The number of amides is 1. The molecule has 0 fully saturated rings. The summed E-state index contributed by atoms with van der Waals surface area (Å²) in [7, 11) is -0.557. The number of fused-ring (bicyclic) bond motifs is 2. The minimum Gasteiger partial charge on any atom is -0.322 e. The van der Waals surface area contributed by atoms with Crippen LogP contribution in [0.15, 0.2) is 87.3 Å². The molecule has 1 amide bonds. The standard InChI is InChI=1S/C29H26N4O5S/c1-17-13-20-15-22(7-11-25(20)32(3)28(17)35)30-27(34)19-5-9-24(10-6-19)39(37,38)31-23-8-12-26-21(16-23)14-18(2)29(36)33(26)4/h5-16,31H,1-4H3,(H,30,34). The van der Waals surface area contributed by atoms with Crippen LogP contribution in [0.5, 0.6) is 0 Å². The van der Waals surface area contributed by atoms with Crippen LogP contribution in [0, 0.1) is 13.8 Å². The van der Waals surface area contributed by atoms with Crippen molar-refractivity contribution < 1.29 is 13.2 Å². The molecule has 0 bridgehead atoms. The minimum atomic E-state index is -3.93. The monoisotopic (exact) mass is 542 g/mol. The maximum Gasteiger partial charge on any atom is 0.261 e. The number of carbonyl (C=O) groups excluding carboxylic acids is 1. The third kappa shape index (κ3) is 4.82. The maximum atomic E-state index is 13.0. The van der Waals surface area contributed by atoms with Crippen molar-refractivity contribution in [3.8, 4) is 0 Å². The van der Waals surface area contributed by atoms with Gasteiger partial charge in [-0.1, -0.05) is 0 Å². The second-order valence-electron chi connectivity index (χ2n) is 9.51. The highest BCUT2D eigenvalue weighted by Crippen LogP contribution is 2.23. The van der Waals surface area contributed by atoms with Gasteiger partial charge in [0, 0.05) is 52.9 Å². The fourth-order valence-corrected chi connectivity index (χ4v) is 5.68. The van der Waals surface area contributed by atoms with Crippen molar-refractivity contribution in [3.63, 3.8) is 0 Å². The Labute approximate surface area is 224 Å². The Balaban J connectivity index is 1.34. The summed E-state index contributed by atoms with van der Waals surface area (Å²) in [4.78, 5) is 37.1. The van der Waals surface area contributed by atoms with Crippen molar-refractivity contribution >= 4 is 49.1 Å². The first-order valence-corrected chi connectivity index (χ1v) is 13.6. The Hall–Kier alpha value is -4.70. The molecule has 0 aliphatic rings. The van der Waals surface area contributed by atoms with Gasteiger partial charge >= 0.3 is 0 Å². The van der Waals surface area contributed by atoms with Crippen LogP contribution in [-0.4, -0.2) is 23.5 Å². The maximum absolute atomic E-state index is 13.0. The first-order valence-electron chi connectivity index (χ1n) is 12.1. The first kappa shape index (κ1) is 25.9. The number of anilines is 2. The molecule has 0 atom stereocenters. The van der Waals surface area contributed by atoms with Crippen LogP contribution >= 0.6 is 0 Å². The molecule has 0 unspecified atom stereocenters. The van der Waals surface area contributed by atoms with Crippen LogP contribution in [0.25, 0.3) is 21.8 Å². The van der Waals surface area contributed by atoms with Crippen molar-refractivity contribution in [2.75, 3.05) is 10.0 Å². The highest BCUT2D eigenvalue weighted by molar-refractivity contribution is 7.92. The van der Waals surface area contributed by atoms with E-state index in [1.165, 1.54) is 28.8 Å². The number of nitrogens with one attached hydrogen (secondary N) is 2. The molecule has 0 aliphatic heterocycles. The SMILES string of the molecule is Cc1cc2cc(NC(=O)c3ccc(S(=O)(=O)Nc4ccc5c(c4)cc(C)c(=O)n5C)cc3)ccc2n(C)c1=O. The molecule has 2 aromatic heterocycles. The summed E-state index contributed by atoms with van der Waals surface area (Å²) < 4.78 is 31.7. The summed E-state index contributed by atoms with van der Waals surface area (Å²) in [6.07, 6.45) is 0. The lowest BCUT2D eigenvalue weighted by molar-refractivity contribution is 0.102. The number of benzene rings is 3. The third-order valence-electron chi connectivity index (χ3n) is 6.74. The zero-order chi connectivity index (χ0) is 28.1. The van der Waals surface area contributed by atoms with Crippen LogP contribution < -0.4 is 21.2 Å². The van der Waals surface area contributed by atoms with E-state index in [2.05, 4.69) is 10.0 Å². The van der Waals surface area contributed by atoms with Crippen molar-refractivity contribution in [1.82, 2.24) is 9.13 Å². The second kappa shape index (κ2) is 9.55. The number of rotatable bonds is 5. The van der Waals surface area contributed by atoms with Gasteiger partial charge in [-0.25, -0.2) is 8.42 Å². The predicted octanol–water partition coefficient (Wildman–Crippen LogP) is 4.06. The Kier molecular flexibility index (Phi) is 6.35. The number of pyridine rings is 2. The van der Waals surface area contributed by atoms with Gasteiger partial charge in [0.05, 0.1) is 15.9 Å². The summed E-state index contributed by atoms with van der Waals surface area (Å²) in [6.45, 7) is 3.45. The lowest BCUT2D eigenvalue weighted by Crippen LogP contribution is -2.19. The topological polar surface area (TPSA) is 119 Å². The average molecular weight is 543 g/mol. The predicted molar refractivity (Wildman–Crippen MR) is 153 cm³/mol. The molecular weight excluding hydrogens is 516 g/mol. The van der Waals surface area contributed by atoms with E-state index in [1.807, 2.05) is 0 Å². The molecule has 10 heteroatoms. The summed E-state index contributed by atoms with van der Waals surface area (Å²) in [5, 5.41) is 4.36. The summed E-state index contributed by atoms with van der Waals surface area (Å²) in [5.41, 5.74) is 3.60. The lowest BCUT2D eigenvalue weighted by atomic mass is 10.1. The zero-order valence-electron chi connectivity index (χ0n) is 21.8. The second-order valence-corrected chi connectivity index (χ2v) is 11.2. The number of hydrogen-bond donors (Lipinski definition) is 2. The molecule has 0 aliphatic carbocycles. The Bertz CT molecular complexity index is 2020. The van der Waals surface area contributed by atoms with Crippen LogP contribution in [0.2, 0.25) is 0 Å².